The van der Waals surface area contributed by atoms with Gasteiger partial charge in [0.05, 0.1) is 18.9 Å². The smallest absolute Gasteiger partial charge is 0.442 e. The Hall–Kier alpha value is -5.27. The maximum atomic E-state index is 14.0. The summed E-state index contributed by atoms with van der Waals surface area (Å²) in [5, 5.41) is 10.8. The molecule has 1 aliphatic heterocycles. The molecule has 55 heavy (non-hydrogen) atoms. The van der Waals surface area contributed by atoms with E-state index in [4.69, 9.17) is 38.1 Å². The first-order chi connectivity index (χ1) is 25.6. The molecular weight excluding hydrogens is 761 g/mol. The largest absolute Gasteiger partial charge is 0.493 e. The normalized spacial score (nSPS) is 12.7. The van der Waals surface area contributed by atoms with E-state index in [1.807, 2.05) is 0 Å². The van der Waals surface area contributed by atoms with Gasteiger partial charge in [0.2, 0.25) is 12.8 Å². The van der Waals surface area contributed by atoms with Gasteiger partial charge in [0.1, 0.15) is 32.5 Å². The standard InChI is InChI=1S/C36H46N4O13S2/c1-9-39(25-15-16-28-29(21-25)49-23-48-28)54(43,44)30-13-10-11-14-31(30)55(45,46)53-27-20-24(2)19-26(22-27)47-17-12-18-50-40(34(42)52-36(6,7)8)32(37)38-33(41)51-35(3,4)5/h10-11,13-16,19-22H,9,12,17-18,23H2,1-8H3,(H2,37,38,41). The second-order valence-electron chi connectivity index (χ2n) is 14.0. The number of nitrogens with zero attached hydrogens (tertiary/aromatic N) is 2. The van der Waals surface area contributed by atoms with Crippen molar-refractivity contribution in [2.45, 2.75) is 82.8 Å². The molecule has 0 unspecified atom stereocenters. The van der Waals surface area contributed by atoms with Crippen LogP contribution in [0.1, 0.15) is 60.5 Å². The summed E-state index contributed by atoms with van der Waals surface area (Å²) in [6, 6.07) is 14.1. The van der Waals surface area contributed by atoms with Crippen LogP contribution in [0.25, 0.3) is 0 Å². The molecule has 0 saturated carbocycles. The van der Waals surface area contributed by atoms with Crippen LogP contribution in [0.5, 0.6) is 23.0 Å². The number of nitrogens with one attached hydrogen (secondary N) is 2. The minimum absolute atomic E-state index is 0.00157. The van der Waals surface area contributed by atoms with Crippen LogP contribution in [-0.2, 0) is 34.5 Å². The van der Waals surface area contributed by atoms with Gasteiger partial charge in [-0.25, -0.2) is 18.0 Å². The van der Waals surface area contributed by atoms with E-state index in [0.717, 1.165) is 10.4 Å². The first-order valence-corrected chi connectivity index (χ1v) is 19.9. The molecule has 0 bridgehead atoms. The predicted octanol–water partition coefficient (Wildman–Crippen LogP) is 6.10. The first kappa shape index (κ1) is 42.5. The molecular formula is C36H46N4O13S2. The third kappa shape index (κ3) is 11.6. The summed E-state index contributed by atoms with van der Waals surface area (Å²) in [6.45, 7) is 12.9. The number of aryl methyl sites for hydroxylation is 1. The zero-order chi connectivity index (χ0) is 40.8. The maximum absolute atomic E-state index is 14.0. The molecule has 3 aromatic carbocycles. The second-order valence-corrected chi connectivity index (χ2v) is 17.3. The van der Waals surface area contributed by atoms with E-state index in [-0.39, 0.29) is 50.2 Å². The minimum atomic E-state index is -4.72. The number of hydrogen-bond acceptors (Lipinski definition) is 14. The van der Waals surface area contributed by atoms with E-state index in [1.165, 1.54) is 42.5 Å². The Kier molecular flexibility index (Phi) is 13.2. The van der Waals surface area contributed by atoms with Crippen LogP contribution in [0.3, 0.4) is 0 Å². The van der Waals surface area contributed by atoms with E-state index in [1.54, 1.807) is 67.5 Å². The van der Waals surface area contributed by atoms with Gasteiger partial charge < -0.3 is 27.9 Å². The Morgan fingerprint density at radius 3 is 2.13 bits per heavy atom. The molecule has 17 nitrogen and oxygen atoms in total. The second kappa shape index (κ2) is 17.0. The number of amides is 2. The van der Waals surface area contributed by atoms with Gasteiger partial charge in [-0.15, -0.1) is 5.06 Å². The molecule has 3 aromatic rings. The number of guanidine groups is 1. The lowest BCUT2D eigenvalue weighted by atomic mass is 10.2. The van der Waals surface area contributed by atoms with Gasteiger partial charge in [-0.05, 0) is 97.4 Å². The summed E-state index contributed by atoms with van der Waals surface area (Å²) >= 11 is 0. The summed E-state index contributed by atoms with van der Waals surface area (Å²) in [7, 11) is -9.15. The van der Waals surface area contributed by atoms with Crippen molar-refractivity contribution < 1.29 is 59.1 Å². The highest BCUT2D eigenvalue weighted by Gasteiger charge is 2.33. The number of carbonyl (C=O) groups is 2. The molecule has 0 spiro atoms. The molecule has 0 radical (unpaired) electrons. The van der Waals surface area contributed by atoms with Crippen LogP contribution < -0.4 is 28.0 Å². The molecule has 0 aromatic heterocycles. The summed E-state index contributed by atoms with van der Waals surface area (Å²) in [5.74, 6) is 0.153. The molecule has 0 atom stereocenters. The molecule has 19 heteroatoms. The third-order valence-corrected chi connectivity index (χ3v) is 10.4. The maximum Gasteiger partial charge on any atom is 0.442 e. The quantitative estimate of drug-likeness (QED) is 0.0658. The summed E-state index contributed by atoms with van der Waals surface area (Å²) in [4.78, 5) is 29.4. The fourth-order valence-electron chi connectivity index (χ4n) is 4.90. The number of sulfonamides is 1. The SMILES string of the molecule is CCN(c1ccc2c(c1)OCO2)S(=O)(=O)c1ccccc1S(=O)(=O)Oc1cc(C)cc(OCCCON(C(=N)NC(=O)OC(C)(C)C)C(=O)OC(C)(C)C)c1. The van der Waals surface area contributed by atoms with Crippen molar-refractivity contribution in [1.82, 2.24) is 10.4 Å². The highest BCUT2D eigenvalue weighted by molar-refractivity contribution is 7.94. The number of carbonyl (C=O) groups excluding carboxylic acids is 2. The van der Waals surface area contributed by atoms with Crippen molar-refractivity contribution in [3.05, 3.63) is 66.2 Å². The number of benzene rings is 3. The molecule has 1 heterocycles. The third-order valence-electron chi connectivity index (χ3n) is 7.01. The van der Waals surface area contributed by atoms with Crippen molar-refractivity contribution in [2.75, 3.05) is 30.9 Å². The van der Waals surface area contributed by atoms with Crippen LogP contribution in [0.15, 0.2) is 70.5 Å². The van der Waals surface area contributed by atoms with Gasteiger partial charge in [-0.3, -0.25) is 19.9 Å². The lowest BCUT2D eigenvalue weighted by Crippen LogP contribution is -2.49. The number of alkyl carbamates (subject to hydrolysis) is 1. The van der Waals surface area contributed by atoms with Crippen molar-refractivity contribution in [3.8, 4) is 23.0 Å². The Balaban J connectivity index is 1.44. The zero-order valence-electron chi connectivity index (χ0n) is 31.8. The van der Waals surface area contributed by atoms with E-state index in [9.17, 15) is 26.4 Å². The Labute approximate surface area is 321 Å². The lowest BCUT2D eigenvalue weighted by molar-refractivity contribution is -0.104. The Bertz CT molecular complexity index is 2110. The molecule has 0 fully saturated rings. The number of hydroxylamine groups is 2. The molecule has 4 rings (SSSR count). The summed E-state index contributed by atoms with van der Waals surface area (Å²) in [5.41, 5.74) is -0.981. The molecule has 300 valence electrons. The average molecular weight is 807 g/mol. The van der Waals surface area contributed by atoms with Gasteiger partial charge in [0.15, 0.2) is 11.5 Å². The van der Waals surface area contributed by atoms with E-state index in [2.05, 4.69) is 5.32 Å². The topological polar surface area (TPSA) is 209 Å². The molecule has 0 saturated heterocycles. The highest BCUT2D eigenvalue weighted by atomic mass is 32.2. The van der Waals surface area contributed by atoms with Crippen molar-refractivity contribution in [3.63, 3.8) is 0 Å². The van der Waals surface area contributed by atoms with Crippen molar-refractivity contribution in [2.24, 2.45) is 0 Å². The van der Waals surface area contributed by atoms with Gasteiger partial charge in [0, 0.05) is 25.1 Å². The molecule has 0 aliphatic carbocycles. The van der Waals surface area contributed by atoms with E-state index in [0.29, 0.717) is 22.1 Å². The molecule has 2 N–H and O–H groups in total. The first-order valence-electron chi connectivity index (χ1n) is 17.0. The number of rotatable bonds is 13. The van der Waals surface area contributed by atoms with Crippen LogP contribution >= 0.6 is 0 Å². The zero-order valence-corrected chi connectivity index (χ0v) is 33.5. The van der Waals surface area contributed by atoms with Crippen LogP contribution in [0.4, 0.5) is 15.3 Å². The monoisotopic (exact) mass is 806 g/mol. The number of fused-ring (bicyclic) bond motifs is 1. The summed E-state index contributed by atoms with van der Waals surface area (Å²) in [6.07, 6.45) is -1.88. The van der Waals surface area contributed by atoms with Crippen LogP contribution in [0.2, 0.25) is 0 Å². The summed E-state index contributed by atoms with van der Waals surface area (Å²) < 4.78 is 88.8. The van der Waals surface area contributed by atoms with Crippen LogP contribution in [-0.4, -0.2) is 77.8 Å². The fourth-order valence-corrected chi connectivity index (χ4v) is 8.07. The van der Waals surface area contributed by atoms with Gasteiger partial charge in [-0.2, -0.15) is 8.42 Å². The molecule has 2 amide bonds. The fraction of sp³-hybridized carbons (Fsp3) is 0.417. The van der Waals surface area contributed by atoms with Crippen molar-refractivity contribution >= 4 is 44.0 Å². The highest BCUT2D eigenvalue weighted by Crippen LogP contribution is 2.38. The average Bonchev–Trinajstić information content (AvgIpc) is 3.52. The lowest BCUT2D eigenvalue weighted by Gasteiger charge is -2.27. The van der Waals surface area contributed by atoms with Crippen molar-refractivity contribution in [1.29, 1.82) is 5.41 Å². The number of ether oxygens (including phenoxy) is 5. The van der Waals surface area contributed by atoms with Gasteiger partial charge in [-0.1, -0.05) is 12.1 Å². The van der Waals surface area contributed by atoms with Gasteiger partial charge in [0.25, 0.3) is 10.0 Å². The van der Waals surface area contributed by atoms with Crippen LogP contribution in [0, 0.1) is 12.3 Å². The number of hydrogen-bond donors (Lipinski definition) is 2. The molecule has 1 aliphatic rings. The number of anilines is 1. The Morgan fingerprint density at radius 2 is 1.47 bits per heavy atom. The predicted molar refractivity (Wildman–Crippen MR) is 199 cm³/mol. The minimum Gasteiger partial charge on any atom is -0.493 e. The van der Waals surface area contributed by atoms with E-state index >= 15 is 0 Å². The van der Waals surface area contributed by atoms with Gasteiger partial charge >= 0.3 is 22.3 Å². The van der Waals surface area contributed by atoms with E-state index < -0.39 is 59.3 Å². The Morgan fingerprint density at radius 1 is 0.836 bits per heavy atom.